The van der Waals surface area contributed by atoms with Gasteiger partial charge in [-0.25, -0.2) is 4.98 Å². The molecule has 0 N–H and O–H groups in total. The topological polar surface area (TPSA) is 34.9 Å². The lowest BCUT2D eigenvalue weighted by molar-refractivity contribution is 0.0994. The Morgan fingerprint density at radius 1 is 1.25 bits per heavy atom. The average Bonchev–Trinajstić information content (AvgIpc) is 2.86. The highest BCUT2D eigenvalue weighted by Crippen LogP contribution is 2.31. The Balaban J connectivity index is 2.24. The molecule has 1 heterocycles. The van der Waals surface area contributed by atoms with Gasteiger partial charge in [-0.05, 0) is 12.0 Å². The quantitative estimate of drug-likeness (QED) is 0.726. The average molecular weight is 212 g/mol. The zero-order chi connectivity index (χ0) is 11.1. The Morgan fingerprint density at radius 2 is 2.06 bits per heavy atom. The van der Waals surface area contributed by atoms with Crippen molar-refractivity contribution in [2.75, 3.05) is 0 Å². The molecule has 3 nitrogen and oxygen atoms in total. The van der Waals surface area contributed by atoms with Gasteiger partial charge in [-0.3, -0.25) is 4.79 Å². The number of hydrogen-bond acceptors (Lipinski definition) is 2. The Hall–Kier alpha value is -1.90. The van der Waals surface area contributed by atoms with E-state index < -0.39 is 0 Å². The van der Waals surface area contributed by atoms with E-state index >= 15 is 0 Å². The Morgan fingerprint density at radius 3 is 2.81 bits per heavy atom. The lowest BCUT2D eigenvalue weighted by Gasteiger charge is -2.07. The number of nitrogens with zero attached hydrogens (tertiary/aromatic N) is 2. The molecule has 16 heavy (non-hydrogen) atoms. The Bertz CT molecular complexity index is 569. The van der Waals surface area contributed by atoms with E-state index in [1.54, 1.807) is 6.20 Å². The maximum absolute atomic E-state index is 11.6. The van der Waals surface area contributed by atoms with Gasteiger partial charge >= 0.3 is 0 Å². The molecule has 80 valence electrons. The van der Waals surface area contributed by atoms with Crippen LogP contribution in [0.5, 0.6) is 0 Å². The molecule has 0 atom stereocenters. The van der Waals surface area contributed by atoms with Crippen LogP contribution in [-0.2, 0) is 13.5 Å². The standard InChI is InChI=1S/C13H12N2O/c1-15-8-7-14-13(15)11-4-2-3-10-9(11)5-6-12(10)16/h2-4,7-8H,5-6H2,1H3. The van der Waals surface area contributed by atoms with E-state index in [0.29, 0.717) is 6.42 Å². The SMILES string of the molecule is Cn1ccnc1-c1cccc2c1CCC2=O. The summed E-state index contributed by atoms with van der Waals surface area (Å²) in [5.41, 5.74) is 3.12. The first-order valence-corrected chi connectivity index (χ1v) is 5.40. The maximum Gasteiger partial charge on any atom is 0.163 e. The number of Topliss-reactive ketones (excluding diaryl/α,β-unsaturated/α-hetero) is 1. The van der Waals surface area contributed by atoms with E-state index in [1.807, 2.05) is 36.0 Å². The van der Waals surface area contributed by atoms with Gasteiger partial charge in [-0.2, -0.15) is 0 Å². The molecule has 1 aromatic carbocycles. The van der Waals surface area contributed by atoms with Crippen LogP contribution < -0.4 is 0 Å². The Labute approximate surface area is 93.7 Å². The number of aromatic nitrogens is 2. The van der Waals surface area contributed by atoms with Crippen molar-refractivity contribution in [1.82, 2.24) is 9.55 Å². The fraction of sp³-hybridized carbons (Fsp3) is 0.231. The van der Waals surface area contributed by atoms with Crippen molar-refractivity contribution in [3.63, 3.8) is 0 Å². The summed E-state index contributed by atoms with van der Waals surface area (Å²) in [5.74, 6) is 1.19. The highest BCUT2D eigenvalue weighted by Gasteiger charge is 2.23. The first-order valence-electron chi connectivity index (χ1n) is 5.40. The molecule has 0 saturated heterocycles. The molecule has 0 saturated carbocycles. The van der Waals surface area contributed by atoms with Crippen LogP contribution >= 0.6 is 0 Å². The van der Waals surface area contributed by atoms with Crippen molar-refractivity contribution >= 4 is 5.78 Å². The van der Waals surface area contributed by atoms with Crippen LogP contribution in [0.15, 0.2) is 30.6 Å². The predicted octanol–water partition coefficient (Wildman–Crippen LogP) is 2.22. The molecule has 2 aromatic rings. The van der Waals surface area contributed by atoms with E-state index in [1.165, 1.54) is 0 Å². The summed E-state index contributed by atoms with van der Waals surface area (Å²) in [6.45, 7) is 0. The number of benzene rings is 1. The number of fused-ring (bicyclic) bond motifs is 1. The zero-order valence-electron chi connectivity index (χ0n) is 9.10. The maximum atomic E-state index is 11.6. The van der Waals surface area contributed by atoms with Gasteiger partial charge in [0.25, 0.3) is 0 Å². The summed E-state index contributed by atoms with van der Waals surface area (Å²) in [7, 11) is 1.97. The summed E-state index contributed by atoms with van der Waals surface area (Å²) in [6.07, 6.45) is 5.19. The fourth-order valence-electron chi connectivity index (χ4n) is 2.33. The highest BCUT2D eigenvalue weighted by atomic mass is 16.1. The molecule has 1 aliphatic rings. The van der Waals surface area contributed by atoms with Gasteiger partial charge in [0.2, 0.25) is 0 Å². The molecule has 0 bridgehead atoms. The predicted molar refractivity (Wildman–Crippen MR) is 61.3 cm³/mol. The number of carbonyl (C=O) groups excluding carboxylic acids is 1. The fourth-order valence-corrected chi connectivity index (χ4v) is 2.33. The van der Waals surface area contributed by atoms with Crippen LogP contribution in [-0.4, -0.2) is 15.3 Å². The minimum absolute atomic E-state index is 0.256. The number of imidazole rings is 1. The van der Waals surface area contributed by atoms with Crippen molar-refractivity contribution in [2.45, 2.75) is 12.8 Å². The van der Waals surface area contributed by atoms with Crippen LogP contribution in [0.3, 0.4) is 0 Å². The van der Waals surface area contributed by atoms with E-state index in [9.17, 15) is 4.79 Å². The summed E-state index contributed by atoms with van der Waals surface area (Å²) in [6, 6.07) is 5.89. The molecule has 3 rings (SSSR count). The first-order chi connectivity index (χ1) is 7.77. The number of carbonyl (C=O) groups is 1. The molecule has 0 spiro atoms. The molecular weight excluding hydrogens is 200 g/mol. The van der Waals surface area contributed by atoms with E-state index in [4.69, 9.17) is 0 Å². The van der Waals surface area contributed by atoms with E-state index in [-0.39, 0.29) is 5.78 Å². The zero-order valence-corrected chi connectivity index (χ0v) is 9.10. The van der Waals surface area contributed by atoms with Gasteiger partial charge in [0.1, 0.15) is 5.82 Å². The van der Waals surface area contributed by atoms with Crippen molar-refractivity contribution in [3.8, 4) is 11.4 Å². The number of aryl methyl sites for hydroxylation is 1. The highest BCUT2D eigenvalue weighted by molar-refractivity contribution is 6.02. The normalized spacial score (nSPS) is 14.2. The van der Waals surface area contributed by atoms with Crippen LogP contribution in [0.1, 0.15) is 22.3 Å². The molecule has 1 aliphatic carbocycles. The van der Waals surface area contributed by atoms with E-state index in [2.05, 4.69) is 4.98 Å². The molecule has 0 aliphatic heterocycles. The van der Waals surface area contributed by atoms with E-state index in [0.717, 1.165) is 28.9 Å². The minimum Gasteiger partial charge on any atom is -0.334 e. The van der Waals surface area contributed by atoms with Gasteiger partial charge in [0.05, 0.1) is 0 Å². The molecular formula is C13H12N2O. The van der Waals surface area contributed by atoms with Gasteiger partial charge in [0.15, 0.2) is 5.78 Å². The second kappa shape index (κ2) is 3.30. The number of hydrogen-bond donors (Lipinski definition) is 0. The summed E-state index contributed by atoms with van der Waals surface area (Å²) >= 11 is 0. The van der Waals surface area contributed by atoms with Gasteiger partial charge in [-0.15, -0.1) is 0 Å². The van der Waals surface area contributed by atoms with Crippen LogP contribution in [0.25, 0.3) is 11.4 Å². The third-order valence-corrected chi connectivity index (χ3v) is 3.14. The van der Waals surface area contributed by atoms with Gasteiger partial charge in [0, 0.05) is 37.0 Å². The molecule has 0 radical (unpaired) electrons. The van der Waals surface area contributed by atoms with Gasteiger partial charge < -0.3 is 4.57 Å². The first kappa shape index (κ1) is 9.33. The second-order valence-corrected chi connectivity index (χ2v) is 4.12. The summed E-state index contributed by atoms with van der Waals surface area (Å²) < 4.78 is 1.98. The Kier molecular flexibility index (Phi) is 1.93. The molecule has 0 fully saturated rings. The molecule has 0 unspecified atom stereocenters. The van der Waals surface area contributed by atoms with Crippen LogP contribution in [0.4, 0.5) is 0 Å². The van der Waals surface area contributed by atoms with Crippen LogP contribution in [0.2, 0.25) is 0 Å². The molecule has 0 amide bonds. The van der Waals surface area contributed by atoms with Crippen molar-refractivity contribution in [2.24, 2.45) is 7.05 Å². The molecule has 3 heteroatoms. The monoisotopic (exact) mass is 212 g/mol. The largest absolute Gasteiger partial charge is 0.334 e. The number of ketones is 1. The van der Waals surface area contributed by atoms with Crippen molar-refractivity contribution in [1.29, 1.82) is 0 Å². The second-order valence-electron chi connectivity index (χ2n) is 4.12. The van der Waals surface area contributed by atoms with Crippen molar-refractivity contribution in [3.05, 3.63) is 41.7 Å². The van der Waals surface area contributed by atoms with Crippen molar-refractivity contribution < 1.29 is 4.79 Å². The van der Waals surface area contributed by atoms with Crippen LogP contribution in [0, 0.1) is 0 Å². The smallest absolute Gasteiger partial charge is 0.163 e. The third-order valence-electron chi connectivity index (χ3n) is 3.14. The third kappa shape index (κ3) is 1.21. The summed E-state index contributed by atoms with van der Waals surface area (Å²) in [5, 5.41) is 0. The lowest BCUT2D eigenvalue weighted by Crippen LogP contribution is -1.96. The number of rotatable bonds is 1. The lowest BCUT2D eigenvalue weighted by atomic mass is 10.0. The minimum atomic E-state index is 0.256. The molecule has 1 aromatic heterocycles. The van der Waals surface area contributed by atoms with Gasteiger partial charge in [-0.1, -0.05) is 18.2 Å². The summed E-state index contributed by atoms with van der Waals surface area (Å²) in [4.78, 5) is 16.0.